The molecule has 1 amide bonds. The van der Waals surface area contributed by atoms with Gasteiger partial charge in [0.05, 0.1) is 21.8 Å². The summed E-state index contributed by atoms with van der Waals surface area (Å²) < 4.78 is 18.6. The maximum atomic E-state index is 12.5. The fourth-order valence-electron chi connectivity index (χ4n) is 3.36. The molecule has 1 aromatic heterocycles. The van der Waals surface area contributed by atoms with Crippen molar-refractivity contribution in [1.82, 2.24) is 5.43 Å². The molecule has 0 aliphatic rings. The third-order valence-electron chi connectivity index (χ3n) is 4.89. The molecule has 0 aliphatic carbocycles. The summed E-state index contributed by atoms with van der Waals surface area (Å²) in [6, 6.07) is 19.0. The van der Waals surface area contributed by atoms with Gasteiger partial charge < -0.3 is 13.9 Å². The number of nitrogens with zero attached hydrogens (tertiary/aromatic N) is 1. The number of benzene rings is 3. The molecule has 0 spiro atoms. The van der Waals surface area contributed by atoms with Gasteiger partial charge in [0.15, 0.2) is 5.76 Å². The molecule has 0 saturated heterocycles. The molecule has 6 nitrogen and oxygen atoms in total. The van der Waals surface area contributed by atoms with Crippen molar-refractivity contribution in [3.63, 3.8) is 0 Å². The lowest BCUT2D eigenvalue weighted by atomic mass is 10.1. The molecule has 1 N–H and O–H groups in total. The minimum atomic E-state index is -0.443. The Balaban J connectivity index is 1.40. The predicted octanol–water partition coefficient (Wildman–Crippen LogP) is 7.01. The monoisotopic (exact) mass is 584 g/mol. The van der Waals surface area contributed by atoms with E-state index in [-0.39, 0.29) is 5.76 Å². The fourth-order valence-corrected chi connectivity index (χ4v) is 4.81. The Bertz CT molecular complexity index is 1340. The van der Waals surface area contributed by atoms with Gasteiger partial charge >= 0.3 is 5.91 Å². The minimum absolute atomic E-state index is 0.169. The first-order valence-electron chi connectivity index (χ1n) is 10.6. The number of carbonyl (C=O) groups excluding carboxylic acids is 1. The van der Waals surface area contributed by atoms with E-state index in [4.69, 9.17) is 13.9 Å². The van der Waals surface area contributed by atoms with Crippen LogP contribution >= 0.6 is 31.9 Å². The molecule has 3 aromatic carbocycles. The van der Waals surface area contributed by atoms with E-state index < -0.39 is 5.91 Å². The van der Waals surface area contributed by atoms with Crippen LogP contribution in [0.25, 0.3) is 11.0 Å². The minimum Gasteiger partial charge on any atom is -0.494 e. The molecule has 174 valence electrons. The summed E-state index contributed by atoms with van der Waals surface area (Å²) in [5.41, 5.74) is 6.15. The number of furan rings is 1. The van der Waals surface area contributed by atoms with Crippen LogP contribution in [-0.4, -0.2) is 18.7 Å². The van der Waals surface area contributed by atoms with Gasteiger partial charge in [0.25, 0.3) is 0 Å². The highest BCUT2D eigenvalue weighted by molar-refractivity contribution is 9.11. The van der Waals surface area contributed by atoms with E-state index in [0.29, 0.717) is 24.5 Å². The zero-order valence-corrected chi connectivity index (χ0v) is 21.8. The second-order valence-electron chi connectivity index (χ2n) is 7.53. The predicted molar refractivity (Wildman–Crippen MR) is 140 cm³/mol. The van der Waals surface area contributed by atoms with Crippen molar-refractivity contribution in [2.45, 2.75) is 20.5 Å². The van der Waals surface area contributed by atoms with Gasteiger partial charge in [-0.15, -0.1) is 0 Å². The highest BCUT2D eigenvalue weighted by atomic mass is 79.9. The molecule has 0 unspecified atom stereocenters. The van der Waals surface area contributed by atoms with E-state index in [1.807, 2.05) is 37.3 Å². The van der Waals surface area contributed by atoms with Crippen LogP contribution in [-0.2, 0) is 6.61 Å². The van der Waals surface area contributed by atoms with E-state index in [1.54, 1.807) is 24.4 Å². The lowest BCUT2D eigenvalue weighted by molar-refractivity contribution is 0.0929. The van der Waals surface area contributed by atoms with E-state index in [1.165, 1.54) is 5.56 Å². The Morgan fingerprint density at radius 2 is 1.85 bits per heavy atom. The summed E-state index contributed by atoms with van der Waals surface area (Å²) in [5, 5.41) is 4.84. The first-order chi connectivity index (χ1) is 16.4. The number of rotatable bonds is 8. The van der Waals surface area contributed by atoms with Crippen LogP contribution < -0.4 is 14.9 Å². The van der Waals surface area contributed by atoms with Crippen LogP contribution in [0.4, 0.5) is 0 Å². The number of hydrogen-bond donors (Lipinski definition) is 1. The summed E-state index contributed by atoms with van der Waals surface area (Å²) in [6.07, 6.45) is 1.55. The average molecular weight is 586 g/mol. The van der Waals surface area contributed by atoms with Crippen LogP contribution in [0, 0.1) is 6.92 Å². The standard InChI is InChI=1S/C26H22Br2N2O4/c1-3-32-20-7-8-23-19(12-20)13-24(34-23)26(31)30-29-14-18-10-21(27)25(22(28)11-18)33-15-17-6-4-5-16(2)9-17/h4-14H,3,15H2,1-2H3,(H,30,31)/b29-14+. The molecule has 8 heteroatoms. The number of hydrogen-bond acceptors (Lipinski definition) is 5. The van der Waals surface area contributed by atoms with Crippen molar-refractivity contribution >= 4 is 55.0 Å². The van der Waals surface area contributed by atoms with Gasteiger partial charge in [-0.2, -0.15) is 5.10 Å². The first kappa shape index (κ1) is 24.0. The third kappa shape index (κ3) is 5.87. The number of aryl methyl sites for hydroxylation is 1. The summed E-state index contributed by atoms with van der Waals surface area (Å²) >= 11 is 7.10. The molecule has 0 saturated carbocycles. The lowest BCUT2D eigenvalue weighted by Crippen LogP contribution is -2.16. The number of amides is 1. The van der Waals surface area contributed by atoms with Gasteiger partial charge in [0.1, 0.15) is 23.7 Å². The van der Waals surface area contributed by atoms with E-state index in [0.717, 1.165) is 31.2 Å². The fraction of sp³-hybridized carbons (Fsp3) is 0.154. The highest BCUT2D eigenvalue weighted by Crippen LogP contribution is 2.35. The summed E-state index contributed by atoms with van der Waals surface area (Å²) in [7, 11) is 0. The first-order valence-corrected chi connectivity index (χ1v) is 12.2. The van der Waals surface area contributed by atoms with Crippen molar-refractivity contribution in [1.29, 1.82) is 0 Å². The largest absolute Gasteiger partial charge is 0.494 e. The normalized spacial score (nSPS) is 11.2. The molecule has 0 radical (unpaired) electrons. The topological polar surface area (TPSA) is 73.1 Å². The quantitative estimate of drug-likeness (QED) is 0.178. The van der Waals surface area contributed by atoms with Crippen LogP contribution in [0.5, 0.6) is 11.5 Å². The number of hydrazone groups is 1. The Hall–Kier alpha value is -3.10. The SMILES string of the molecule is CCOc1ccc2oc(C(=O)N/N=C/c3cc(Br)c(OCc4cccc(C)c4)c(Br)c3)cc2c1. The van der Waals surface area contributed by atoms with Gasteiger partial charge in [-0.3, -0.25) is 4.79 Å². The van der Waals surface area contributed by atoms with Gasteiger partial charge in [0.2, 0.25) is 0 Å². The lowest BCUT2D eigenvalue weighted by Gasteiger charge is -2.11. The van der Waals surface area contributed by atoms with E-state index in [9.17, 15) is 4.79 Å². The van der Waals surface area contributed by atoms with Gasteiger partial charge in [-0.05, 0) is 93.2 Å². The Labute approximate surface area is 214 Å². The molecular weight excluding hydrogens is 564 g/mol. The Kier molecular flexibility index (Phi) is 7.70. The third-order valence-corrected chi connectivity index (χ3v) is 6.07. The smallest absolute Gasteiger partial charge is 0.307 e. The zero-order valence-electron chi connectivity index (χ0n) is 18.6. The maximum absolute atomic E-state index is 12.5. The number of ether oxygens (including phenoxy) is 2. The van der Waals surface area contributed by atoms with Crippen molar-refractivity contribution in [2.75, 3.05) is 6.61 Å². The molecule has 0 atom stereocenters. The highest BCUT2D eigenvalue weighted by Gasteiger charge is 2.13. The van der Waals surface area contributed by atoms with Crippen molar-refractivity contribution in [3.8, 4) is 11.5 Å². The molecule has 34 heavy (non-hydrogen) atoms. The Morgan fingerprint density at radius 1 is 1.06 bits per heavy atom. The van der Waals surface area contributed by atoms with Crippen LogP contribution in [0.2, 0.25) is 0 Å². The molecule has 4 rings (SSSR count). The van der Waals surface area contributed by atoms with Crippen LogP contribution in [0.1, 0.15) is 34.2 Å². The van der Waals surface area contributed by atoms with Crippen molar-refractivity contribution in [3.05, 3.63) is 92.1 Å². The van der Waals surface area contributed by atoms with Gasteiger partial charge in [0, 0.05) is 5.39 Å². The summed E-state index contributed by atoms with van der Waals surface area (Å²) in [6.45, 7) is 4.98. The molecule has 0 bridgehead atoms. The molecule has 0 fully saturated rings. The molecule has 1 heterocycles. The van der Waals surface area contributed by atoms with Crippen molar-refractivity contribution < 1.29 is 18.7 Å². The van der Waals surface area contributed by atoms with E-state index >= 15 is 0 Å². The second-order valence-corrected chi connectivity index (χ2v) is 9.24. The zero-order chi connectivity index (χ0) is 24.1. The number of carbonyl (C=O) groups is 1. The second kappa shape index (κ2) is 10.9. The Morgan fingerprint density at radius 3 is 2.59 bits per heavy atom. The summed E-state index contributed by atoms with van der Waals surface area (Å²) in [5.74, 6) is 1.14. The number of halogens is 2. The van der Waals surface area contributed by atoms with Crippen LogP contribution in [0.15, 0.2) is 79.1 Å². The molecule has 0 aliphatic heterocycles. The van der Waals surface area contributed by atoms with E-state index in [2.05, 4.69) is 61.4 Å². The average Bonchev–Trinajstić information content (AvgIpc) is 3.22. The maximum Gasteiger partial charge on any atom is 0.307 e. The van der Waals surface area contributed by atoms with Crippen LogP contribution in [0.3, 0.4) is 0 Å². The summed E-state index contributed by atoms with van der Waals surface area (Å²) in [4.78, 5) is 12.5. The van der Waals surface area contributed by atoms with Crippen molar-refractivity contribution in [2.24, 2.45) is 5.10 Å². The molecular formula is C26H22Br2N2O4. The van der Waals surface area contributed by atoms with Gasteiger partial charge in [-0.25, -0.2) is 5.43 Å². The van der Waals surface area contributed by atoms with Gasteiger partial charge in [-0.1, -0.05) is 29.8 Å². The number of nitrogens with one attached hydrogen (secondary N) is 1. The molecule has 4 aromatic rings. The number of fused-ring (bicyclic) bond motifs is 1.